The molecule has 0 N–H and O–H groups in total. The molecule has 0 unspecified atom stereocenters. The van der Waals surface area contributed by atoms with Gasteiger partial charge in [-0.2, -0.15) is 0 Å². The van der Waals surface area contributed by atoms with Crippen molar-refractivity contribution in [3.63, 3.8) is 0 Å². The van der Waals surface area contributed by atoms with Crippen LogP contribution in [0.25, 0.3) is 6.08 Å². The van der Waals surface area contributed by atoms with Gasteiger partial charge in [0, 0.05) is 17.1 Å². The Balaban J connectivity index is 1.31. The van der Waals surface area contributed by atoms with Crippen LogP contribution in [0.2, 0.25) is 0 Å². The van der Waals surface area contributed by atoms with Crippen molar-refractivity contribution in [1.82, 2.24) is 0 Å². The summed E-state index contributed by atoms with van der Waals surface area (Å²) in [5, 5.41) is 4.42. The third-order valence-electron chi connectivity index (χ3n) is 15.5. The van der Waals surface area contributed by atoms with E-state index >= 15 is 0 Å². The van der Waals surface area contributed by atoms with Crippen molar-refractivity contribution in [3.05, 3.63) is 184 Å². The smallest absolute Gasteiger partial charge is 0.240 e. The quantitative estimate of drug-likeness (QED) is 0.131. The number of para-hydroxylation sites is 2. The monoisotopic (exact) mass is 876 g/mol. The predicted octanol–water partition coefficient (Wildman–Crippen LogP) is 10.6. The van der Waals surface area contributed by atoms with Gasteiger partial charge in [0.2, 0.25) is 13.4 Å². The molecule has 7 aromatic rings. The molecular formula is C62H67B2NSi. The minimum atomic E-state index is -2.48. The molecular weight excluding hydrogens is 808 g/mol. The molecule has 3 heterocycles. The Bertz CT molecular complexity index is 2940. The minimum Gasteiger partial charge on any atom is -0.311 e. The molecule has 0 amide bonds. The lowest BCUT2D eigenvalue weighted by atomic mass is 9.20. The van der Waals surface area contributed by atoms with Gasteiger partial charge in [0.25, 0.3) is 0 Å². The Hall–Kier alpha value is -5.57. The van der Waals surface area contributed by atoms with E-state index in [1.807, 2.05) is 0 Å². The third kappa shape index (κ3) is 6.87. The van der Waals surface area contributed by atoms with Crippen molar-refractivity contribution in [2.45, 2.75) is 119 Å². The molecule has 0 saturated carbocycles. The first-order valence-electron chi connectivity index (χ1n) is 25.1. The van der Waals surface area contributed by atoms with Crippen LogP contribution in [0, 0.1) is 0 Å². The summed E-state index contributed by atoms with van der Waals surface area (Å²) in [6, 6.07) is 55.4. The van der Waals surface area contributed by atoms with Crippen molar-refractivity contribution >= 4 is 93.0 Å². The molecule has 10 rings (SSSR count). The van der Waals surface area contributed by atoms with Gasteiger partial charge >= 0.3 is 0 Å². The molecule has 0 bridgehead atoms. The van der Waals surface area contributed by atoms with Crippen molar-refractivity contribution in [2.75, 3.05) is 4.90 Å². The lowest BCUT2D eigenvalue weighted by molar-refractivity contribution is 0.812. The predicted molar refractivity (Wildman–Crippen MR) is 294 cm³/mol. The summed E-state index contributed by atoms with van der Waals surface area (Å²) in [5.74, 6) is 2.37. The molecule has 330 valence electrons. The van der Waals surface area contributed by atoms with Crippen molar-refractivity contribution in [1.29, 1.82) is 0 Å². The summed E-state index contributed by atoms with van der Waals surface area (Å²) in [7, 11) is -2.48. The molecule has 7 aromatic carbocycles. The Morgan fingerprint density at radius 2 is 0.773 bits per heavy atom. The van der Waals surface area contributed by atoms with Crippen LogP contribution in [0.1, 0.15) is 158 Å². The maximum atomic E-state index is 2.64. The highest BCUT2D eigenvalue weighted by molar-refractivity contribution is 7.18. The topological polar surface area (TPSA) is 3.24 Å². The number of hydrogen-bond donors (Lipinski definition) is 0. The van der Waals surface area contributed by atoms with Crippen LogP contribution in [-0.2, 0) is 0 Å². The lowest BCUT2D eigenvalue weighted by Gasteiger charge is -2.43. The normalized spacial score (nSPS) is 14.5. The second kappa shape index (κ2) is 16.9. The van der Waals surface area contributed by atoms with Crippen LogP contribution in [-0.4, -0.2) is 21.5 Å². The summed E-state index contributed by atoms with van der Waals surface area (Å²) < 4.78 is 0. The average molecular weight is 876 g/mol. The third-order valence-corrected chi connectivity index (χ3v) is 20.1. The van der Waals surface area contributed by atoms with Gasteiger partial charge in [0.15, 0.2) is 8.07 Å². The summed E-state index contributed by atoms with van der Waals surface area (Å²) in [4.78, 5) is 2.62. The van der Waals surface area contributed by atoms with E-state index in [-0.39, 0.29) is 13.4 Å². The molecule has 3 aliphatic rings. The first kappa shape index (κ1) is 44.3. The van der Waals surface area contributed by atoms with Crippen LogP contribution < -0.4 is 53.2 Å². The molecule has 66 heavy (non-hydrogen) atoms. The molecule has 4 heteroatoms. The van der Waals surface area contributed by atoms with E-state index in [0.29, 0.717) is 35.5 Å². The molecule has 1 nitrogen and oxygen atoms in total. The van der Waals surface area contributed by atoms with Gasteiger partial charge in [-0.1, -0.05) is 243 Å². The first-order chi connectivity index (χ1) is 31.7. The second-order valence-electron chi connectivity index (χ2n) is 21.6. The Kier molecular flexibility index (Phi) is 11.4. The van der Waals surface area contributed by atoms with Crippen LogP contribution in [0.15, 0.2) is 145 Å². The maximum absolute atomic E-state index is 2.64. The number of benzene rings is 7. The van der Waals surface area contributed by atoms with Gasteiger partial charge in [0.1, 0.15) is 0 Å². The largest absolute Gasteiger partial charge is 0.311 e. The average Bonchev–Trinajstić information content (AvgIpc) is 3.69. The van der Waals surface area contributed by atoms with Gasteiger partial charge in [-0.05, 0) is 114 Å². The first-order valence-corrected chi connectivity index (χ1v) is 27.2. The van der Waals surface area contributed by atoms with Crippen LogP contribution in [0.3, 0.4) is 0 Å². The fourth-order valence-corrected chi connectivity index (χ4v) is 17.0. The minimum absolute atomic E-state index is 0.0592. The summed E-state index contributed by atoms with van der Waals surface area (Å²) in [5.41, 5.74) is 25.4. The molecule has 0 radical (unpaired) electrons. The standard InChI is InChI=1S/C62H67B2NSi/c1-38(2)45-33-48(40(5)6)61(49(34-45)41(7)8)63-52-22-14-15-23-53(52)64(62-50(42(9)10)35-46(39(3)4)36-51(62)43(11)12)55-37-47(29-30-54(55)63)65-56-24-16-19-27-59(56)66(60-28-20-17-25-57(60)65)32-31-44-21-13-18-26-58(44)66/h13-43H,1-12H3. The van der Waals surface area contributed by atoms with E-state index in [1.165, 1.54) is 104 Å². The van der Waals surface area contributed by atoms with E-state index in [4.69, 9.17) is 0 Å². The van der Waals surface area contributed by atoms with E-state index in [1.54, 1.807) is 0 Å². The Morgan fingerprint density at radius 1 is 0.379 bits per heavy atom. The van der Waals surface area contributed by atoms with Crippen LogP contribution >= 0.6 is 0 Å². The second-order valence-corrected chi connectivity index (χ2v) is 25.1. The fourth-order valence-electron chi connectivity index (χ4n) is 12.2. The Labute approximate surface area is 398 Å². The highest BCUT2D eigenvalue weighted by Crippen LogP contribution is 2.40. The van der Waals surface area contributed by atoms with E-state index < -0.39 is 8.07 Å². The fraction of sp³-hybridized carbons (Fsp3) is 0.290. The zero-order valence-electron chi connectivity index (χ0n) is 41.5. The van der Waals surface area contributed by atoms with Gasteiger partial charge in [0.05, 0.1) is 0 Å². The molecule has 0 aromatic heterocycles. The van der Waals surface area contributed by atoms with Gasteiger partial charge in [-0.15, -0.1) is 0 Å². The van der Waals surface area contributed by atoms with E-state index in [2.05, 4.69) is 239 Å². The number of fused-ring (bicyclic) bond motifs is 8. The van der Waals surface area contributed by atoms with Crippen LogP contribution in [0.5, 0.6) is 0 Å². The number of anilines is 3. The number of hydrogen-bond acceptors (Lipinski definition) is 1. The van der Waals surface area contributed by atoms with Crippen molar-refractivity contribution in [3.8, 4) is 0 Å². The molecule has 0 atom stereocenters. The lowest BCUT2D eigenvalue weighted by Crippen LogP contribution is -2.76. The highest BCUT2D eigenvalue weighted by Gasteiger charge is 2.49. The summed E-state index contributed by atoms with van der Waals surface area (Å²) in [6.07, 6.45) is 2.40. The van der Waals surface area contributed by atoms with Gasteiger partial charge in [-0.25, -0.2) is 0 Å². The number of nitrogens with zero attached hydrogens (tertiary/aromatic N) is 1. The van der Waals surface area contributed by atoms with Gasteiger partial charge in [-0.3, -0.25) is 0 Å². The molecule has 0 aliphatic carbocycles. The summed E-state index contributed by atoms with van der Waals surface area (Å²) in [6.45, 7) is 28.9. The highest BCUT2D eigenvalue weighted by atomic mass is 28.3. The molecule has 1 spiro atoms. The van der Waals surface area contributed by atoms with Crippen molar-refractivity contribution < 1.29 is 0 Å². The zero-order chi connectivity index (χ0) is 46.3. The SMILES string of the molecule is CC(C)c1cc(C(C)C)c(B2c3ccccc3B(c3c(C(C)C)cc(C(C)C)cc3C(C)C)c3cc(N4c5ccccc5[Si]5(C=Cc6ccccc65)c5ccccc54)ccc32)c(C(C)C)c1. The maximum Gasteiger partial charge on any atom is 0.240 e. The molecule has 0 fully saturated rings. The van der Waals surface area contributed by atoms with E-state index in [0.717, 1.165) is 0 Å². The molecule has 3 aliphatic heterocycles. The summed E-state index contributed by atoms with van der Waals surface area (Å²) >= 11 is 0. The van der Waals surface area contributed by atoms with Crippen LogP contribution in [0.4, 0.5) is 17.1 Å². The van der Waals surface area contributed by atoms with E-state index in [9.17, 15) is 0 Å². The Morgan fingerprint density at radius 3 is 1.23 bits per heavy atom. The van der Waals surface area contributed by atoms with Gasteiger partial charge < -0.3 is 4.90 Å². The molecule has 0 saturated heterocycles. The van der Waals surface area contributed by atoms with Crippen molar-refractivity contribution in [2.24, 2.45) is 0 Å². The number of rotatable bonds is 9. The zero-order valence-corrected chi connectivity index (χ0v) is 42.5.